The number of fused-ring (bicyclic) bond motifs is 1. The van der Waals surface area contributed by atoms with Crippen molar-refractivity contribution in [2.75, 3.05) is 5.32 Å². The number of urea groups is 1. The van der Waals surface area contributed by atoms with Crippen molar-refractivity contribution in [1.82, 2.24) is 5.32 Å². The highest BCUT2D eigenvalue weighted by molar-refractivity contribution is 6.30. The number of halogens is 1. The lowest BCUT2D eigenvalue weighted by Crippen LogP contribution is -2.54. The first-order chi connectivity index (χ1) is 8.49. The summed E-state index contributed by atoms with van der Waals surface area (Å²) in [6, 6.07) is 5.51. The van der Waals surface area contributed by atoms with Crippen LogP contribution >= 0.6 is 11.6 Å². The van der Waals surface area contributed by atoms with Crippen molar-refractivity contribution in [3.63, 3.8) is 0 Å². The zero-order chi connectivity index (χ0) is 13.3. The first-order valence-electron chi connectivity index (χ1n) is 6.39. The summed E-state index contributed by atoms with van der Waals surface area (Å²) in [6.07, 6.45) is 1.91. The van der Waals surface area contributed by atoms with E-state index in [-0.39, 0.29) is 11.6 Å². The van der Waals surface area contributed by atoms with Gasteiger partial charge in [-0.2, -0.15) is 0 Å². The SMILES string of the molecule is CCCC1(C(C)C)NC(=O)Nc2ccc(Cl)cc21. The van der Waals surface area contributed by atoms with E-state index in [9.17, 15) is 4.79 Å². The van der Waals surface area contributed by atoms with Crippen LogP contribution in [0.1, 0.15) is 39.2 Å². The maximum atomic E-state index is 11.9. The molecule has 18 heavy (non-hydrogen) atoms. The normalized spacial score (nSPS) is 22.4. The summed E-state index contributed by atoms with van der Waals surface area (Å²) in [5.41, 5.74) is 1.63. The van der Waals surface area contributed by atoms with Gasteiger partial charge in [-0.05, 0) is 30.5 Å². The standard InChI is InChI=1S/C14H19ClN2O/c1-4-7-14(9(2)3)11-8-10(15)5-6-12(11)16-13(18)17-14/h5-6,8-9H,4,7H2,1-3H3,(H2,16,17,18). The summed E-state index contributed by atoms with van der Waals surface area (Å²) in [7, 11) is 0. The van der Waals surface area contributed by atoms with Gasteiger partial charge in [0, 0.05) is 16.3 Å². The quantitative estimate of drug-likeness (QED) is 0.849. The Hall–Kier alpha value is -1.22. The van der Waals surface area contributed by atoms with E-state index >= 15 is 0 Å². The molecule has 98 valence electrons. The van der Waals surface area contributed by atoms with Crippen molar-refractivity contribution in [1.29, 1.82) is 0 Å². The number of hydrogen-bond acceptors (Lipinski definition) is 1. The molecule has 1 unspecified atom stereocenters. The molecule has 2 amide bonds. The molecule has 1 aliphatic heterocycles. The van der Waals surface area contributed by atoms with Crippen LogP contribution in [0.25, 0.3) is 0 Å². The minimum Gasteiger partial charge on any atom is -0.328 e. The lowest BCUT2D eigenvalue weighted by molar-refractivity contribution is 0.200. The van der Waals surface area contributed by atoms with Crippen LogP contribution in [-0.4, -0.2) is 6.03 Å². The number of benzene rings is 1. The van der Waals surface area contributed by atoms with E-state index in [1.807, 2.05) is 18.2 Å². The zero-order valence-corrected chi connectivity index (χ0v) is 11.8. The molecule has 0 aliphatic carbocycles. The van der Waals surface area contributed by atoms with Gasteiger partial charge in [0.1, 0.15) is 0 Å². The Morgan fingerprint density at radius 1 is 1.39 bits per heavy atom. The Morgan fingerprint density at radius 2 is 2.11 bits per heavy atom. The highest BCUT2D eigenvalue weighted by Gasteiger charge is 2.41. The predicted molar refractivity (Wildman–Crippen MR) is 75.0 cm³/mol. The maximum absolute atomic E-state index is 11.9. The molecule has 0 spiro atoms. The molecule has 0 aromatic heterocycles. The number of rotatable bonds is 3. The van der Waals surface area contributed by atoms with Crippen molar-refractivity contribution < 1.29 is 4.79 Å². The minimum atomic E-state index is -0.322. The van der Waals surface area contributed by atoms with Crippen molar-refractivity contribution in [3.05, 3.63) is 28.8 Å². The van der Waals surface area contributed by atoms with Gasteiger partial charge in [-0.1, -0.05) is 38.8 Å². The molecule has 2 N–H and O–H groups in total. The van der Waals surface area contributed by atoms with Gasteiger partial charge in [-0.15, -0.1) is 0 Å². The van der Waals surface area contributed by atoms with Crippen LogP contribution in [0.4, 0.5) is 10.5 Å². The molecule has 1 aliphatic rings. The molecule has 0 saturated heterocycles. The third-order valence-electron chi connectivity index (χ3n) is 3.68. The van der Waals surface area contributed by atoms with Crippen molar-refractivity contribution in [2.24, 2.45) is 5.92 Å². The summed E-state index contributed by atoms with van der Waals surface area (Å²) in [4.78, 5) is 11.9. The van der Waals surface area contributed by atoms with Crippen LogP contribution in [0, 0.1) is 5.92 Å². The molecule has 0 bridgehead atoms. The Morgan fingerprint density at radius 3 is 2.72 bits per heavy atom. The van der Waals surface area contributed by atoms with Crippen molar-refractivity contribution >= 4 is 23.3 Å². The van der Waals surface area contributed by atoms with E-state index in [1.54, 1.807) is 0 Å². The van der Waals surface area contributed by atoms with E-state index in [0.29, 0.717) is 10.9 Å². The minimum absolute atomic E-state index is 0.132. The lowest BCUT2D eigenvalue weighted by atomic mass is 9.75. The topological polar surface area (TPSA) is 41.1 Å². The first kappa shape index (κ1) is 13.2. The van der Waals surface area contributed by atoms with Crippen LogP contribution in [0.2, 0.25) is 5.02 Å². The molecule has 0 saturated carbocycles. The third-order valence-corrected chi connectivity index (χ3v) is 3.91. The Balaban J connectivity index is 2.60. The van der Waals surface area contributed by atoms with E-state index in [0.717, 1.165) is 24.1 Å². The van der Waals surface area contributed by atoms with Gasteiger partial charge in [-0.3, -0.25) is 0 Å². The van der Waals surface area contributed by atoms with Gasteiger partial charge in [0.05, 0.1) is 5.54 Å². The molecule has 0 fully saturated rings. The second-order valence-electron chi connectivity index (χ2n) is 5.15. The van der Waals surface area contributed by atoms with Crippen molar-refractivity contribution in [2.45, 2.75) is 39.2 Å². The fraction of sp³-hybridized carbons (Fsp3) is 0.500. The first-order valence-corrected chi connectivity index (χ1v) is 6.76. The number of carbonyl (C=O) groups is 1. The molecule has 3 nitrogen and oxygen atoms in total. The van der Waals surface area contributed by atoms with Crippen LogP contribution in [0.3, 0.4) is 0 Å². The fourth-order valence-electron chi connectivity index (χ4n) is 2.75. The van der Waals surface area contributed by atoms with E-state index in [2.05, 4.69) is 31.4 Å². The third kappa shape index (κ3) is 2.07. The monoisotopic (exact) mass is 266 g/mol. The highest BCUT2D eigenvalue weighted by Crippen LogP contribution is 2.41. The summed E-state index contributed by atoms with van der Waals surface area (Å²) >= 11 is 6.10. The fourth-order valence-corrected chi connectivity index (χ4v) is 2.93. The van der Waals surface area contributed by atoms with Crippen molar-refractivity contribution in [3.8, 4) is 0 Å². The van der Waals surface area contributed by atoms with E-state index < -0.39 is 0 Å². The Bertz CT molecular complexity index is 473. The van der Waals surface area contributed by atoms with E-state index in [1.165, 1.54) is 0 Å². The second kappa shape index (κ2) is 4.81. The molecular weight excluding hydrogens is 248 g/mol. The van der Waals surface area contributed by atoms with E-state index in [4.69, 9.17) is 11.6 Å². The number of anilines is 1. The van der Waals surface area contributed by atoms with Gasteiger partial charge in [0.2, 0.25) is 0 Å². The van der Waals surface area contributed by atoms with Crippen LogP contribution in [0.5, 0.6) is 0 Å². The number of amides is 2. The van der Waals surface area contributed by atoms with Gasteiger partial charge in [0.15, 0.2) is 0 Å². The number of carbonyl (C=O) groups excluding carboxylic acids is 1. The molecule has 0 radical (unpaired) electrons. The summed E-state index contributed by atoms with van der Waals surface area (Å²) in [6.45, 7) is 6.39. The molecule has 1 aromatic rings. The van der Waals surface area contributed by atoms with Crippen LogP contribution in [-0.2, 0) is 5.54 Å². The van der Waals surface area contributed by atoms with Gasteiger partial charge in [0.25, 0.3) is 0 Å². The molecule has 2 rings (SSSR count). The molecular formula is C14H19ClN2O. The number of nitrogens with one attached hydrogen (secondary N) is 2. The Labute approximate surface area is 113 Å². The Kier molecular flexibility index (Phi) is 3.53. The average Bonchev–Trinajstić information content (AvgIpc) is 2.30. The average molecular weight is 267 g/mol. The molecule has 1 atom stereocenters. The van der Waals surface area contributed by atoms with Crippen LogP contribution in [0.15, 0.2) is 18.2 Å². The largest absolute Gasteiger partial charge is 0.328 e. The molecule has 1 heterocycles. The van der Waals surface area contributed by atoms with Gasteiger partial charge in [-0.25, -0.2) is 4.79 Å². The smallest absolute Gasteiger partial charge is 0.319 e. The summed E-state index contributed by atoms with van der Waals surface area (Å²) in [5, 5.41) is 6.65. The van der Waals surface area contributed by atoms with Gasteiger partial charge >= 0.3 is 6.03 Å². The summed E-state index contributed by atoms with van der Waals surface area (Å²) < 4.78 is 0. The second-order valence-corrected chi connectivity index (χ2v) is 5.58. The predicted octanol–water partition coefficient (Wildman–Crippen LogP) is 4.13. The van der Waals surface area contributed by atoms with Gasteiger partial charge < -0.3 is 10.6 Å². The summed E-state index contributed by atoms with van der Waals surface area (Å²) in [5.74, 6) is 0.306. The van der Waals surface area contributed by atoms with Crippen LogP contribution < -0.4 is 10.6 Å². The zero-order valence-electron chi connectivity index (χ0n) is 11.0. The lowest BCUT2D eigenvalue weighted by Gasteiger charge is -2.43. The molecule has 1 aromatic carbocycles. The number of hydrogen-bond donors (Lipinski definition) is 2. The maximum Gasteiger partial charge on any atom is 0.319 e. The highest BCUT2D eigenvalue weighted by atomic mass is 35.5. The molecule has 4 heteroatoms.